The van der Waals surface area contributed by atoms with Gasteiger partial charge in [-0.15, -0.1) is 0 Å². The molecular weight excluding hydrogens is 740 g/mol. The van der Waals surface area contributed by atoms with Gasteiger partial charge in [0.15, 0.2) is 23.5 Å². The number of rotatable bonds is 14. The minimum atomic E-state index is -3.88. The van der Waals surface area contributed by atoms with Crippen molar-refractivity contribution in [1.29, 1.82) is 0 Å². The lowest BCUT2D eigenvalue weighted by atomic mass is 9.97. The first-order chi connectivity index (χ1) is 25.5. The second kappa shape index (κ2) is 16.1. The lowest BCUT2D eigenvalue weighted by Crippen LogP contribution is -2.63. The van der Waals surface area contributed by atoms with Crippen LogP contribution in [0.4, 0.5) is 5.69 Å². The molecule has 3 unspecified atom stereocenters. The monoisotopic (exact) mass is 784 g/mol. The van der Waals surface area contributed by atoms with Gasteiger partial charge >= 0.3 is 0 Å². The number of ether oxygens (including phenoxy) is 5. The first kappa shape index (κ1) is 41.4. The number of benzene rings is 2. The summed E-state index contributed by atoms with van der Waals surface area (Å²) in [7, 11) is -2.48. The van der Waals surface area contributed by atoms with E-state index >= 15 is 0 Å². The normalized spacial score (nSPS) is 30.3. The summed E-state index contributed by atoms with van der Waals surface area (Å²) in [6.07, 6.45) is -13.3. The summed E-state index contributed by atoms with van der Waals surface area (Å²) < 4.78 is 53.5. The highest BCUT2D eigenvalue weighted by Gasteiger charge is 2.62. The summed E-state index contributed by atoms with van der Waals surface area (Å²) in [5.41, 5.74) is -3.35. The fourth-order valence-electron chi connectivity index (χ4n) is 7.05. The summed E-state index contributed by atoms with van der Waals surface area (Å²) in [5.74, 6) is -3.09. The number of nitrogens with zero attached hydrogens (tertiary/aromatic N) is 2. The van der Waals surface area contributed by atoms with E-state index in [0.717, 1.165) is 18.1 Å². The standard InChI is InChI=1S/C34H44N2O17S/c1-5-50-22-11-17(9-10-21(22)49-3)20(14-54(4,47)48)35-31(45)18-7-6-8-19(25(18)32(35)46)36(16(2)40)34(15-39)30(44)29(24(13-38)53-34)52-33-28(43)27(42)26(41)23(12-37)51-33/h6-11,20,23-24,26-30,33,37-39,41-44H,5,12-15H2,1-4H3/t20-,23?,24-,26+,27-,28?,29?,30-,33+,34-/m1/s1. The second-order valence-electron chi connectivity index (χ2n) is 13.1. The van der Waals surface area contributed by atoms with Crippen LogP contribution in [0.25, 0.3) is 0 Å². The molecule has 0 spiro atoms. The van der Waals surface area contributed by atoms with Gasteiger partial charge < -0.3 is 59.4 Å². The molecule has 54 heavy (non-hydrogen) atoms. The SMILES string of the molecule is CCOc1cc([C@@H](CS(C)(=O)=O)N2C(=O)c3cccc(N(C(C)=O)[C@]4(CO)O[C@H](CO)C(O[C@@H]5OC(CO)[C@H](O)[C@@H](O)C5O)[C@H]4O)c3C2=O)ccc1OC. The Morgan fingerprint density at radius 1 is 0.981 bits per heavy atom. The molecule has 7 N–H and O–H groups in total. The van der Waals surface area contributed by atoms with Crippen molar-refractivity contribution in [3.63, 3.8) is 0 Å². The third kappa shape index (κ3) is 7.31. The molecule has 2 aromatic carbocycles. The van der Waals surface area contributed by atoms with Gasteiger partial charge in [-0.05, 0) is 36.8 Å². The third-order valence-electron chi connectivity index (χ3n) is 9.54. The Kier molecular flexibility index (Phi) is 12.4. The van der Waals surface area contributed by atoms with Crippen LogP contribution < -0.4 is 14.4 Å². The topological polar surface area (TPSA) is 280 Å². The van der Waals surface area contributed by atoms with E-state index < -0.39 is 119 Å². The number of imide groups is 1. The van der Waals surface area contributed by atoms with Gasteiger partial charge in [-0.3, -0.25) is 24.2 Å². The van der Waals surface area contributed by atoms with Crippen molar-refractivity contribution in [2.75, 3.05) is 50.4 Å². The van der Waals surface area contributed by atoms with Crippen LogP contribution in [0, 0.1) is 0 Å². The molecule has 0 bridgehead atoms. The van der Waals surface area contributed by atoms with Crippen LogP contribution in [0.15, 0.2) is 36.4 Å². The van der Waals surface area contributed by atoms with E-state index in [1.54, 1.807) is 6.92 Å². The van der Waals surface area contributed by atoms with Gasteiger partial charge in [0.1, 0.15) is 52.6 Å². The number of carbonyl (C=O) groups excluding carboxylic acids is 3. The van der Waals surface area contributed by atoms with Crippen molar-refractivity contribution in [3.8, 4) is 11.5 Å². The zero-order valence-electron chi connectivity index (χ0n) is 29.7. The molecule has 5 rings (SSSR count). The number of aliphatic hydroxyl groups is 7. The molecule has 19 nitrogen and oxygen atoms in total. The van der Waals surface area contributed by atoms with Gasteiger partial charge in [0, 0.05) is 13.2 Å². The van der Waals surface area contributed by atoms with Crippen LogP contribution in [0.1, 0.15) is 46.2 Å². The van der Waals surface area contributed by atoms with Crippen molar-refractivity contribution in [2.24, 2.45) is 0 Å². The molecule has 2 fully saturated rings. The zero-order chi connectivity index (χ0) is 39.9. The molecule has 2 saturated heterocycles. The van der Waals surface area contributed by atoms with Crippen molar-refractivity contribution < 1.29 is 82.2 Å². The Morgan fingerprint density at radius 3 is 2.24 bits per heavy atom. The second-order valence-corrected chi connectivity index (χ2v) is 15.3. The number of sulfone groups is 1. The Hall–Kier alpha value is -3.80. The van der Waals surface area contributed by atoms with E-state index in [2.05, 4.69) is 0 Å². The van der Waals surface area contributed by atoms with Crippen LogP contribution in [0.3, 0.4) is 0 Å². The van der Waals surface area contributed by atoms with E-state index in [-0.39, 0.29) is 29.2 Å². The number of carbonyl (C=O) groups is 3. The number of fused-ring (bicyclic) bond motifs is 1. The summed E-state index contributed by atoms with van der Waals surface area (Å²) in [5, 5.41) is 73.5. The third-order valence-corrected chi connectivity index (χ3v) is 10.5. The van der Waals surface area contributed by atoms with Crippen molar-refractivity contribution in [2.45, 2.75) is 74.6 Å². The van der Waals surface area contributed by atoms with Gasteiger partial charge in [-0.25, -0.2) is 8.42 Å². The lowest BCUT2D eigenvalue weighted by molar-refractivity contribution is -0.318. The summed E-state index contributed by atoms with van der Waals surface area (Å²) in [6.45, 7) is 0.00502. The van der Waals surface area contributed by atoms with Gasteiger partial charge in [0.25, 0.3) is 11.8 Å². The molecule has 298 valence electrons. The van der Waals surface area contributed by atoms with Crippen molar-refractivity contribution in [3.05, 3.63) is 53.1 Å². The Balaban J connectivity index is 1.57. The molecule has 0 aromatic heterocycles. The van der Waals surface area contributed by atoms with Crippen LogP contribution in [-0.4, -0.2) is 167 Å². The Bertz CT molecular complexity index is 1840. The number of hydrogen-bond acceptors (Lipinski definition) is 17. The minimum absolute atomic E-state index is 0.199. The smallest absolute Gasteiger partial charge is 0.264 e. The molecule has 2 aromatic rings. The van der Waals surface area contributed by atoms with E-state index in [1.807, 2.05) is 0 Å². The quantitative estimate of drug-likeness (QED) is 0.0972. The number of aliphatic hydroxyl groups excluding tert-OH is 7. The molecular formula is C34H44N2O17S. The molecule has 3 aliphatic rings. The molecule has 0 aliphatic carbocycles. The van der Waals surface area contributed by atoms with Crippen LogP contribution in [0.2, 0.25) is 0 Å². The molecule has 10 atom stereocenters. The largest absolute Gasteiger partial charge is 0.493 e. The zero-order valence-corrected chi connectivity index (χ0v) is 30.5. The Labute approximate surface area is 309 Å². The minimum Gasteiger partial charge on any atom is -0.493 e. The number of hydrogen-bond donors (Lipinski definition) is 7. The van der Waals surface area contributed by atoms with Gasteiger partial charge in [0.05, 0.1) is 62.1 Å². The highest BCUT2D eigenvalue weighted by molar-refractivity contribution is 7.90. The fourth-order valence-corrected chi connectivity index (χ4v) is 7.97. The number of methoxy groups -OCH3 is 1. The average Bonchev–Trinajstić information content (AvgIpc) is 3.55. The van der Waals surface area contributed by atoms with Crippen molar-refractivity contribution >= 4 is 33.2 Å². The first-order valence-electron chi connectivity index (χ1n) is 16.8. The molecule has 20 heteroatoms. The highest BCUT2D eigenvalue weighted by atomic mass is 32.2. The number of anilines is 1. The molecule has 3 aliphatic heterocycles. The summed E-state index contributed by atoms with van der Waals surface area (Å²) in [6, 6.07) is 6.80. The van der Waals surface area contributed by atoms with Gasteiger partial charge in [-0.1, -0.05) is 12.1 Å². The maximum atomic E-state index is 14.5. The van der Waals surface area contributed by atoms with E-state index in [0.29, 0.717) is 10.6 Å². The maximum absolute atomic E-state index is 14.5. The highest BCUT2D eigenvalue weighted by Crippen LogP contribution is 2.45. The van der Waals surface area contributed by atoms with E-state index in [4.69, 9.17) is 23.7 Å². The average molecular weight is 785 g/mol. The predicted octanol–water partition coefficient (Wildman–Crippen LogP) is -2.55. The Morgan fingerprint density at radius 2 is 1.67 bits per heavy atom. The predicted molar refractivity (Wildman–Crippen MR) is 183 cm³/mol. The fraction of sp³-hybridized carbons (Fsp3) is 0.559. The van der Waals surface area contributed by atoms with Crippen LogP contribution >= 0.6 is 0 Å². The van der Waals surface area contributed by atoms with Crippen molar-refractivity contribution in [1.82, 2.24) is 4.90 Å². The summed E-state index contributed by atoms with van der Waals surface area (Å²) >= 11 is 0. The van der Waals surface area contributed by atoms with Gasteiger partial charge in [0.2, 0.25) is 5.91 Å². The van der Waals surface area contributed by atoms with E-state index in [9.17, 15) is 58.5 Å². The number of amides is 3. The first-order valence-corrected chi connectivity index (χ1v) is 18.9. The molecule has 3 amide bonds. The van der Waals surface area contributed by atoms with Gasteiger partial charge in [-0.2, -0.15) is 0 Å². The molecule has 3 heterocycles. The summed E-state index contributed by atoms with van der Waals surface area (Å²) in [4.78, 5) is 43.6. The lowest BCUT2D eigenvalue weighted by Gasteiger charge is -2.42. The van der Waals surface area contributed by atoms with E-state index in [1.165, 1.54) is 43.5 Å². The van der Waals surface area contributed by atoms with Crippen LogP contribution in [-0.2, 0) is 28.8 Å². The maximum Gasteiger partial charge on any atom is 0.264 e. The molecule has 0 saturated carbocycles. The van der Waals surface area contributed by atoms with Crippen LogP contribution in [0.5, 0.6) is 11.5 Å². The molecule has 0 radical (unpaired) electrons.